The van der Waals surface area contributed by atoms with Crippen LogP contribution in [0.5, 0.6) is 5.88 Å². The van der Waals surface area contributed by atoms with E-state index in [1.54, 1.807) is 12.1 Å². The van der Waals surface area contributed by atoms with Crippen molar-refractivity contribution in [3.63, 3.8) is 0 Å². The zero-order chi connectivity index (χ0) is 20.5. The summed E-state index contributed by atoms with van der Waals surface area (Å²) in [5.74, 6) is -1.48. The van der Waals surface area contributed by atoms with E-state index in [2.05, 4.69) is 25.6 Å². The van der Waals surface area contributed by atoms with E-state index in [-0.39, 0.29) is 23.0 Å². The standard InChI is InChI=1S/C20H15F2N5O2/c1-10(28)25-11-5-6-17(23-8-11)27-15-7-14(18-12(21)3-2-4-13(18)22)26-16-9-24-20(29)19(15)16/h2-9,24,29H,1H3,(H,23,27)(H,25,28). The lowest BCUT2D eigenvalue weighted by Crippen LogP contribution is -2.06. The minimum absolute atomic E-state index is 0.0597. The molecule has 0 unspecified atom stereocenters. The van der Waals surface area contributed by atoms with Gasteiger partial charge in [0, 0.05) is 13.1 Å². The molecule has 0 bridgehead atoms. The van der Waals surface area contributed by atoms with Gasteiger partial charge in [-0.15, -0.1) is 0 Å². The average molecular weight is 395 g/mol. The monoisotopic (exact) mass is 395 g/mol. The highest BCUT2D eigenvalue weighted by molar-refractivity contribution is 5.99. The molecule has 3 heterocycles. The number of rotatable bonds is 4. The largest absolute Gasteiger partial charge is 0.494 e. The molecule has 0 spiro atoms. The van der Waals surface area contributed by atoms with Crippen LogP contribution >= 0.6 is 0 Å². The number of nitrogens with zero attached hydrogens (tertiary/aromatic N) is 2. The number of amides is 1. The molecule has 4 rings (SSSR count). The van der Waals surface area contributed by atoms with E-state index in [1.165, 1.54) is 31.5 Å². The van der Waals surface area contributed by atoms with Crippen LogP contribution in [0.25, 0.3) is 22.2 Å². The molecule has 0 aliphatic rings. The maximum atomic E-state index is 14.2. The van der Waals surface area contributed by atoms with Crippen LogP contribution in [0.15, 0.2) is 48.8 Å². The molecule has 0 aliphatic carbocycles. The summed E-state index contributed by atoms with van der Waals surface area (Å²) in [7, 11) is 0. The Bertz CT molecular complexity index is 1200. The second-order valence-electron chi connectivity index (χ2n) is 6.29. The molecular formula is C20H15F2N5O2. The fourth-order valence-electron chi connectivity index (χ4n) is 2.98. The molecule has 0 saturated carbocycles. The zero-order valence-corrected chi connectivity index (χ0v) is 15.1. The number of H-pyrrole nitrogens is 1. The molecule has 0 radical (unpaired) electrons. The van der Waals surface area contributed by atoms with Crippen molar-refractivity contribution in [1.29, 1.82) is 0 Å². The van der Waals surface area contributed by atoms with Crippen LogP contribution in [0.1, 0.15) is 6.92 Å². The topological polar surface area (TPSA) is 103 Å². The number of pyridine rings is 2. The Hall–Kier alpha value is -4.01. The third-order valence-corrected chi connectivity index (χ3v) is 4.20. The van der Waals surface area contributed by atoms with Crippen molar-refractivity contribution in [3.05, 3.63) is 60.4 Å². The molecule has 0 fully saturated rings. The first-order chi connectivity index (χ1) is 13.9. The molecule has 1 amide bonds. The smallest absolute Gasteiger partial charge is 0.221 e. The minimum Gasteiger partial charge on any atom is -0.494 e. The number of aromatic nitrogens is 3. The van der Waals surface area contributed by atoms with Crippen LogP contribution in [0.2, 0.25) is 0 Å². The summed E-state index contributed by atoms with van der Waals surface area (Å²) in [5, 5.41) is 16.1. The number of hydrogen-bond acceptors (Lipinski definition) is 5. The molecule has 3 aromatic heterocycles. The van der Waals surface area contributed by atoms with Crippen LogP contribution in [-0.2, 0) is 4.79 Å². The maximum Gasteiger partial charge on any atom is 0.221 e. The first-order valence-electron chi connectivity index (χ1n) is 8.58. The highest BCUT2D eigenvalue weighted by Gasteiger charge is 2.18. The number of carbonyl (C=O) groups is 1. The molecular weight excluding hydrogens is 380 g/mol. The van der Waals surface area contributed by atoms with E-state index in [0.717, 1.165) is 12.1 Å². The molecule has 0 atom stereocenters. The molecule has 4 aromatic rings. The van der Waals surface area contributed by atoms with Crippen molar-refractivity contribution in [1.82, 2.24) is 15.0 Å². The first kappa shape index (κ1) is 18.4. The first-order valence-corrected chi connectivity index (χ1v) is 8.58. The van der Waals surface area contributed by atoms with Crippen LogP contribution in [-0.4, -0.2) is 26.0 Å². The summed E-state index contributed by atoms with van der Waals surface area (Å²) >= 11 is 0. The third kappa shape index (κ3) is 3.57. The van der Waals surface area contributed by atoms with Gasteiger partial charge < -0.3 is 20.7 Å². The number of aromatic amines is 1. The number of carbonyl (C=O) groups excluding carboxylic acids is 1. The third-order valence-electron chi connectivity index (χ3n) is 4.20. The summed E-state index contributed by atoms with van der Waals surface area (Å²) in [4.78, 5) is 22.2. The number of anilines is 3. The number of halogens is 2. The molecule has 7 nitrogen and oxygen atoms in total. The van der Waals surface area contributed by atoms with Gasteiger partial charge in [-0.1, -0.05) is 6.07 Å². The minimum atomic E-state index is -0.750. The lowest BCUT2D eigenvalue weighted by atomic mass is 10.1. The van der Waals surface area contributed by atoms with Crippen molar-refractivity contribution in [3.8, 4) is 17.1 Å². The highest BCUT2D eigenvalue weighted by Crippen LogP contribution is 2.36. The van der Waals surface area contributed by atoms with E-state index < -0.39 is 11.6 Å². The van der Waals surface area contributed by atoms with Crippen LogP contribution < -0.4 is 10.6 Å². The van der Waals surface area contributed by atoms with Crippen molar-refractivity contribution in [2.45, 2.75) is 6.92 Å². The summed E-state index contributed by atoms with van der Waals surface area (Å²) in [6.07, 6.45) is 2.89. The predicted octanol–water partition coefficient (Wildman–Crippen LogP) is 4.31. The van der Waals surface area contributed by atoms with Gasteiger partial charge in [-0.05, 0) is 30.3 Å². The van der Waals surface area contributed by atoms with Crippen molar-refractivity contribution in [2.75, 3.05) is 10.6 Å². The highest BCUT2D eigenvalue weighted by atomic mass is 19.1. The number of benzene rings is 1. The van der Waals surface area contributed by atoms with Crippen LogP contribution in [0.4, 0.5) is 26.0 Å². The Morgan fingerprint density at radius 2 is 1.93 bits per heavy atom. The molecule has 0 aliphatic heterocycles. The van der Waals surface area contributed by atoms with Crippen LogP contribution in [0.3, 0.4) is 0 Å². The lowest BCUT2D eigenvalue weighted by Gasteiger charge is -2.11. The van der Waals surface area contributed by atoms with Crippen molar-refractivity contribution < 1.29 is 18.7 Å². The maximum absolute atomic E-state index is 14.2. The van der Waals surface area contributed by atoms with E-state index >= 15 is 0 Å². The van der Waals surface area contributed by atoms with Crippen molar-refractivity contribution in [2.24, 2.45) is 0 Å². The van der Waals surface area contributed by atoms with Gasteiger partial charge >= 0.3 is 0 Å². The zero-order valence-electron chi connectivity index (χ0n) is 15.1. The molecule has 29 heavy (non-hydrogen) atoms. The molecule has 146 valence electrons. The normalized spacial score (nSPS) is 10.9. The van der Waals surface area contributed by atoms with Gasteiger partial charge in [0.15, 0.2) is 5.88 Å². The number of fused-ring (bicyclic) bond motifs is 1. The van der Waals surface area contributed by atoms with Gasteiger partial charge in [0.25, 0.3) is 0 Å². The SMILES string of the molecule is CC(=O)Nc1ccc(Nc2cc(-c3c(F)cccc3F)nc3c[nH]c(O)c23)nc1. The van der Waals surface area contributed by atoms with E-state index in [9.17, 15) is 18.7 Å². The quantitative estimate of drug-likeness (QED) is 0.412. The summed E-state index contributed by atoms with van der Waals surface area (Å²) < 4.78 is 28.5. The molecule has 0 saturated heterocycles. The fourth-order valence-corrected chi connectivity index (χ4v) is 2.98. The second-order valence-corrected chi connectivity index (χ2v) is 6.29. The van der Waals surface area contributed by atoms with Crippen molar-refractivity contribution >= 4 is 34.0 Å². The Morgan fingerprint density at radius 3 is 2.59 bits per heavy atom. The van der Waals surface area contributed by atoms with Gasteiger partial charge in [0.1, 0.15) is 17.5 Å². The molecule has 4 N–H and O–H groups in total. The van der Waals surface area contributed by atoms with Gasteiger partial charge in [-0.25, -0.2) is 18.7 Å². The van der Waals surface area contributed by atoms with Gasteiger partial charge in [0.2, 0.25) is 5.91 Å². The Morgan fingerprint density at radius 1 is 1.17 bits per heavy atom. The number of aromatic hydroxyl groups is 1. The lowest BCUT2D eigenvalue weighted by molar-refractivity contribution is -0.114. The average Bonchev–Trinajstić information content (AvgIpc) is 3.04. The van der Waals surface area contributed by atoms with E-state index in [1.807, 2.05) is 0 Å². The summed E-state index contributed by atoms with van der Waals surface area (Å²) in [6.45, 7) is 1.39. The Kier molecular flexibility index (Phi) is 4.55. The molecule has 1 aromatic carbocycles. The van der Waals surface area contributed by atoms with Gasteiger partial charge in [-0.3, -0.25) is 4.79 Å². The Labute approximate surface area is 163 Å². The second kappa shape index (κ2) is 7.19. The van der Waals surface area contributed by atoms with Gasteiger partial charge in [-0.2, -0.15) is 0 Å². The predicted molar refractivity (Wildman–Crippen MR) is 105 cm³/mol. The van der Waals surface area contributed by atoms with Crippen LogP contribution in [0, 0.1) is 11.6 Å². The fraction of sp³-hybridized carbons (Fsp3) is 0.0500. The van der Waals surface area contributed by atoms with E-state index in [0.29, 0.717) is 28.1 Å². The summed E-state index contributed by atoms with van der Waals surface area (Å²) in [5.41, 5.74) is 0.976. The van der Waals surface area contributed by atoms with E-state index in [4.69, 9.17) is 0 Å². The molecule has 9 heteroatoms. The number of nitrogens with one attached hydrogen (secondary N) is 3. The Balaban J connectivity index is 1.79. The summed E-state index contributed by atoms with van der Waals surface area (Å²) in [6, 6.07) is 8.26. The van der Waals surface area contributed by atoms with Gasteiger partial charge in [0.05, 0.1) is 39.7 Å². The number of hydrogen-bond donors (Lipinski definition) is 4.